The summed E-state index contributed by atoms with van der Waals surface area (Å²) in [6, 6.07) is 11.8. The molecular formula is C18H17FN2OS. The van der Waals surface area contributed by atoms with Crippen molar-refractivity contribution in [1.82, 2.24) is 4.98 Å². The number of anilines is 1. The molecule has 2 N–H and O–H groups in total. The molecule has 0 aliphatic rings. The second-order valence-corrected chi connectivity index (χ2v) is 6.19. The zero-order chi connectivity index (χ0) is 16.4. The molecule has 5 heteroatoms. The molecule has 0 aliphatic carbocycles. The van der Waals surface area contributed by atoms with E-state index < -0.39 is 0 Å². The van der Waals surface area contributed by atoms with Crippen molar-refractivity contribution in [2.45, 2.75) is 12.8 Å². The van der Waals surface area contributed by atoms with E-state index in [2.05, 4.69) is 10.3 Å². The minimum absolute atomic E-state index is 0.0247. The first kappa shape index (κ1) is 15.5. The van der Waals surface area contributed by atoms with Crippen LogP contribution in [0.3, 0.4) is 0 Å². The van der Waals surface area contributed by atoms with Crippen molar-refractivity contribution in [2.24, 2.45) is 0 Å². The van der Waals surface area contributed by atoms with Crippen molar-refractivity contribution in [3.63, 3.8) is 0 Å². The number of nitrogens with zero attached hydrogens (tertiary/aromatic N) is 1. The number of phenols is 1. The van der Waals surface area contributed by atoms with E-state index in [4.69, 9.17) is 0 Å². The van der Waals surface area contributed by atoms with Crippen LogP contribution in [-0.4, -0.2) is 17.1 Å². The fourth-order valence-electron chi connectivity index (χ4n) is 2.45. The summed E-state index contributed by atoms with van der Waals surface area (Å²) in [6.45, 7) is 2.02. The van der Waals surface area contributed by atoms with Gasteiger partial charge in [0.15, 0.2) is 5.13 Å². The molecule has 118 valence electrons. The van der Waals surface area contributed by atoms with Crippen LogP contribution < -0.4 is 5.32 Å². The molecule has 2 aromatic carbocycles. The third-order valence-corrected chi connectivity index (χ3v) is 4.73. The van der Waals surface area contributed by atoms with Crippen LogP contribution in [0.25, 0.3) is 11.1 Å². The number of nitrogens with one attached hydrogen (secondary N) is 1. The molecule has 0 radical (unpaired) electrons. The molecule has 1 unspecified atom stereocenters. The van der Waals surface area contributed by atoms with Crippen LogP contribution in [0.4, 0.5) is 9.52 Å². The van der Waals surface area contributed by atoms with Crippen LogP contribution >= 0.6 is 11.3 Å². The minimum Gasteiger partial charge on any atom is -0.508 e. The first-order valence-electron chi connectivity index (χ1n) is 7.30. The Morgan fingerprint density at radius 2 is 1.91 bits per heavy atom. The number of benzene rings is 2. The molecule has 0 fully saturated rings. The summed E-state index contributed by atoms with van der Waals surface area (Å²) in [4.78, 5) is 4.48. The SMILES string of the molecule is CNc1nc(C(C)c2ccc(-c3ccc(O)cc3)c(F)c2)cs1. The number of phenolic OH excluding ortho intramolecular Hbond substituents is 1. The molecule has 0 aliphatic heterocycles. The molecule has 0 saturated carbocycles. The van der Waals surface area contributed by atoms with E-state index in [-0.39, 0.29) is 17.5 Å². The fraction of sp³-hybridized carbons (Fsp3) is 0.167. The summed E-state index contributed by atoms with van der Waals surface area (Å²) >= 11 is 1.54. The zero-order valence-electron chi connectivity index (χ0n) is 12.9. The highest BCUT2D eigenvalue weighted by molar-refractivity contribution is 7.13. The summed E-state index contributed by atoms with van der Waals surface area (Å²) in [6.07, 6.45) is 0. The van der Waals surface area contributed by atoms with Crippen molar-refractivity contribution >= 4 is 16.5 Å². The van der Waals surface area contributed by atoms with Crippen LogP contribution in [0.15, 0.2) is 47.8 Å². The van der Waals surface area contributed by atoms with Crippen molar-refractivity contribution in [3.05, 3.63) is 64.9 Å². The molecule has 1 atom stereocenters. The number of hydrogen-bond donors (Lipinski definition) is 2. The standard InChI is InChI=1S/C18H17FN2OS/c1-11(17-10-23-18(20-2)21-17)13-5-8-15(16(19)9-13)12-3-6-14(22)7-4-12/h3-11,22H,1-2H3,(H,20,21). The van der Waals surface area contributed by atoms with Gasteiger partial charge in [-0.3, -0.25) is 0 Å². The molecule has 0 saturated heterocycles. The van der Waals surface area contributed by atoms with E-state index >= 15 is 0 Å². The predicted octanol–water partition coefficient (Wildman–Crippen LogP) is 4.85. The Hall–Kier alpha value is -2.40. The molecule has 0 spiro atoms. The molecule has 3 aromatic rings. The largest absolute Gasteiger partial charge is 0.508 e. The van der Waals surface area contributed by atoms with Crippen LogP contribution in [0, 0.1) is 5.82 Å². The molecular weight excluding hydrogens is 311 g/mol. The monoisotopic (exact) mass is 328 g/mol. The molecule has 1 heterocycles. The third kappa shape index (κ3) is 3.19. The highest BCUT2D eigenvalue weighted by atomic mass is 32.1. The molecule has 0 bridgehead atoms. The summed E-state index contributed by atoms with van der Waals surface area (Å²) in [7, 11) is 1.83. The van der Waals surface area contributed by atoms with E-state index in [1.807, 2.05) is 25.4 Å². The maximum Gasteiger partial charge on any atom is 0.182 e. The Bertz CT molecular complexity index is 814. The molecule has 23 heavy (non-hydrogen) atoms. The van der Waals surface area contributed by atoms with Gasteiger partial charge >= 0.3 is 0 Å². The molecule has 1 aromatic heterocycles. The van der Waals surface area contributed by atoms with Gasteiger partial charge in [-0.25, -0.2) is 9.37 Å². The van der Waals surface area contributed by atoms with Gasteiger partial charge in [0, 0.05) is 23.9 Å². The van der Waals surface area contributed by atoms with Crippen molar-refractivity contribution in [3.8, 4) is 16.9 Å². The van der Waals surface area contributed by atoms with Gasteiger partial charge in [-0.15, -0.1) is 11.3 Å². The van der Waals surface area contributed by atoms with Gasteiger partial charge < -0.3 is 10.4 Å². The lowest BCUT2D eigenvalue weighted by Crippen LogP contribution is -1.99. The highest BCUT2D eigenvalue weighted by Gasteiger charge is 2.15. The topological polar surface area (TPSA) is 45.2 Å². The summed E-state index contributed by atoms with van der Waals surface area (Å²) in [5.41, 5.74) is 3.08. The molecule has 3 rings (SSSR count). The van der Waals surface area contributed by atoms with Gasteiger partial charge in [0.1, 0.15) is 11.6 Å². The number of thiazole rings is 1. The Labute approximate surface area is 138 Å². The summed E-state index contributed by atoms with van der Waals surface area (Å²) in [5, 5.41) is 15.2. The molecule has 3 nitrogen and oxygen atoms in total. The second kappa shape index (κ2) is 6.38. The van der Waals surface area contributed by atoms with E-state index in [9.17, 15) is 9.50 Å². The Morgan fingerprint density at radius 1 is 1.17 bits per heavy atom. The third-order valence-electron chi connectivity index (χ3n) is 3.85. The van der Waals surface area contributed by atoms with Gasteiger partial charge in [-0.1, -0.05) is 31.2 Å². The smallest absolute Gasteiger partial charge is 0.182 e. The summed E-state index contributed by atoms with van der Waals surface area (Å²) < 4.78 is 14.5. The lowest BCUT2D eigenvalue weighted by molar-refractivity contribution is 0.475. The van der Waals surface area contributed by atoms with Crippen LogP contribution in [0.5, 0.6) is 5.75 Å². The van der Waals surface area contributed by atoms with Gasteiger partial charge in [0.2, 0.25) is 0 Å². The predicted molar refractivity (Wildman–Crippen MR) is 92.7 cm³/mol. The molecule has 0 amide bonds. The van der Waals surface area contributed by atoms with Crippen molar-refractivity contribution < 1.29 is 9.50 Å². The number of rotatable bonds is 4. The van der Waals surface area contributed by atoms with E-state index in [1.54, 1.807) is 36.4 Å². The van der Waals surface area contributed by atoms with Crippen molar-refractivity contribution in [2.75, 3.05) is 12.4 Å². The van der Waals surface area contributed by atoms with E-state index in [0.29, 0.717) is 5.56 Å². The van der Waals surface area contributed by atoms with Crippen LogP contribution in [0.1, 0.15) is 24.1 Å². The normalized spacial score (nSPS) is 12.1. The van der Waals surface area contributed by atoms with Gasteiger partial charge in [-0.05, 0) is 29.3 Å². The van der Waals surface area contributed by atoms with Crippen molar-refractivity contribution in [1.29, 1.82) is 0 Å². The Kier molecular flexibility index (Phi) is 4.30. The van der Waals surface area contributed by atoms with E-state index in [0.717, 1.165) is 22.0 Å². The van der Waals surface area contributed by atoms with Gasteiger partial charge in [0.25, 0.3) is 0 Å². The number of aromatic hydroxyl groups is 1. The van der Waals surface area contributed by atoms with Crippen LogP contribution in [-0.2, 0) is 0 Å². The zero-order valence-corrected chi connectivity index (χ0v) is 13.7. The average molecular weight is 328 g/mol. The number of aromatic nitrogens is 1. The van der Waals surface area contributed by atoms with E-state index in [1.165, 1.54) is 11.3 Å². The first-order valence-corrected chi connectivity index (χ1v) is 8.18. The van der Waals surface area contributed by atoms with Crippen LogP contribution in [0.2, 0.25) is 0 Å². The number of hydrogen-bond acceptors (Lipinski definition) is 4. The average Bonchev–Trinajstić information content (AvgIpc) is 3.04. The first-order chi connectivity index (χ1) is 11.1. The lowest BCUT2D eigenvalue weighted by Gasteiger charge is -2.11. The highest BCUT2D eigenvalue weighted by Crippen LogP contribution is 2.31. The maximum absolute atomic E-state index is 14.5. The Balaban J connectivity index is 1.90. The van der Waals surface area contributed by atoms with Gasteiger partial charge in [0.05, 0.1) is 5.69 Å². The second-order valence-electron chi connectivity index (χ2n) is 5.34. The lowest BCUT2D eigenvalue weighted by atomic mass is 9.95. The quantitative estimate of drug-likeness (QED) is 0.720. The Morgan fingerprint density at radius 3 is 2.52 bits per heavy atom. The summed E-state index contributed by atoms with van der Waals surface area (Å²) in [5.74, 6) is -0.0795. The fourth-order valence-corrected chi connectivity index (χ4v) is 3.21. The minimum atomic E-state index is -0.274. The van der Waals surface area contributed by atoms with Gasteiger partial charge in [-0.2, -0.15) is 0 Å². The number of halogens is 1. The maximum atomic E-state index is 14.5.